The molecule has 2 aliphatic rings. The molecule has 0 fully saturated rings. The van der Waals surface area contributed by atoms with E-state index in [1.807, 2.05) is 24.3 Å². The number of nitrogens with zero attached hydrogens (tertiary/aromatic N) is 3. The van der Waals surface area contributed by atoms with Gasteiger partial charge in [0.15, 0.2) is 5.82 Å². The van der Waals surface area contributed by atoms with Crippen molar-refractivity contribution in [1.82, 2.24) is 14.8 Å². The second kappa shape index (κ2) is 7.21. The van der Waals surface area contributed by atoms with Gasteiger partial charge in [0.1, 0.15) is 5.82 Å². The molecule has 5 heteroatoms. The van der Waals surface area contributed by atoms with Crippen LogP contribution in [0.3, 0.4) is 0 Å². The number of amides is 1. The van der Waals surface area contributed by atoms with Crippen LogP contribution in [0.2, 0.25) is 0 Å². The van der Waals surface area contributed by atoms with Crippen molar-refractivity contribution in [2.75, 3.05) is 5.32 Å². The van der Waals surface area contributed by atoms with Crippen molar-refractivity contribution in [3.63, 3.8) is 0 Å². The minimum atomic E-state index is 0.0839. The number of carbonyl (C=O) groups excluding carboxylic acids is 1. The molecule has 1 aromatic heterocycles. The van der Waals surface area contributed by atoms with Crippen molar-refractivity contribution in [2.45, 2.75) is 51.5 Å². The summed E-state index contributed by atoms with van der Waals surface area (Å²) in [5.74, 6) is 2.51. The van der Waals surface area contributed by atoms with Crippen LogP contribution in [-0.2, 0) is 17.8 Å². The van der Waals surface area contributed by atoms with Gasteiger partial charge in [-0.25, -0.2) is 0 Å². The van der Waals surface area contributed by atoms with Crippen LogP contribution in [0.5, 0.6) is 0 Å². The van der Waals surface area contributed by atoms with Gasteiger partial charge in [0, 0.05) is 30.6 Å². The molecule has 25 heavy (non-hydrogen) atoms. The molecule has 5 nitrogen and oxygen atoms in total. The minimum absolute atomic E-state index is 0.0839. The second-order valence-corrected chi connectivity index (χ2v) is 7.00. The van der Waals surface area contributed by atoms with E-state index in [4.69, 9.17) is 0 Å². The zero-order valence-corrected chi connectivity index (χ0v) is 14.4. The molecule has 0 saturated carbocycles. The summed E-state index contributed by atoms with van der Waals surface area (Å²) in [6, 6.07) is 7.95. The fourth-order valence-corrected chi connectivity index (χ4v) is 3.72. The minimum Gasteiger partial charge on any atom is -0.326 e. The maximum absolute atomic E-state index is 12.1. The van der Waals surface area contributed by atoms with E-state index < -0.39 is 0 Å². The summed E-state index contributed by atoms with van der Waals surface area (Å²) in [5, 5.41) is 11.7. The molecule has 2 aromatic rings. The van der Waals surface area contributed by atoms with E-state index >= 15 is 0 Å². The van der Waals surface area contributed by atoms with Crippen LogP contribution < -0.4 is 5.32 Å². The molecule has 130 valence electrons. The molecule has 1 N–H and O–H groups in total. The van der Waals surface area contributed by atoms with Crippen molar-refractivity contribution in [3.05, 3.63) is 42.2 Å². The topological polar surface area (TPSA) is 59.8 Å². The SMILES string of the molecule is O=C(C[C@H]1C=CCC1)Nc1ccc(-c2nnc3n2CCCCC3)cc1. The van der Waals surface area contributed by atoms with Crippen molar-refractivity contribution >= 4 is 11.6 Å². The highest BCUT2D eigenvalue weighted by Crippen LogP contribution is 2.25. The van der Waals surface area contributed by atoms with E-state index in [2.05, 4.69) is 32.2 Å². The van der Waals surface area contributed by atoms with Gasteiger partial charge in [-0.15, -0.1) is 10.2 Å². The Morgan fingerprint density at radius 3 is 2.84 bits per heavy atom. The second-order valence-electron chi connectivity index (χ2n) is 7.00. The Morgan fingerprint density at radius 1 is 1.16 bits per heavy atom. The summed E-state index contributed by atoms with van der Waals surface area (Å²) < 4.78 is 2.24. The van der Waals surface area contributed by atoms with Gasteiger partial charge in [0.2, 0.25) is 5.91 Å². The molecule has 1 amide bonds. The Morgan fingerprint density at radius 2 is 2.04 bits per heavy atom. The lowest BCUT2D eigenvalue weighted by Gasteiger charge is -2.10. The molecule has 2 heterocycles. The van der Waals surface area contributed by atoms with Crippen LogP contribution >= 0.6 is 0 Å². The van der Waals surface area contributed by atoms with Crippen LogP contribution in [0.15, 0.2) is 36.4 Å². The maximum atomic E-state index is 12.1. The first-order valence-corrected chi connectivity index (χ1v) is 9.28. The maximum Gasteiger partial charge on any atom is 0.224 e. The third-order valence-corrected chi connectivity index (χ3v) is 5.10. The molecule has 1 atom stereocenters. The molecule has 0 spiro atoms. The van der Waals surface area contributed by atoms with E-state index in [-0.39, 0.29) is 5.91 Å². The molecule has 1 aromatic carbocycles. The summed E-state index contributed by atoms with van der Waals surface area (Å²) >= 11 is 0. The number of fused-ring (bicyclic) bond motifs is 1. The molecule has 0 radical (unpaired) electrons. The number of nitrogens with one attached hydrogen (secondary N) is 1. The highest BCUT2D eigenvalue weighted by atomic mass is 16.1. The van der Waals surface area contributed by atoms with Crippen LogP contribution in [0.25, 0.3) is 11.4 Å². The van der Waals surface area contributed by atoms with Gasteiger partial charge in [0.25, 0.3) is 0 Å². The van der Waals surface area contributed by atoms with E-state index in [9.17, 15) is 4.79 Å². The van der Waals surface area contributed by atoms with E-state index in [1.54, 1.807) is 0 Å². The standard InChI is InChI=1S/C20H24N4O/c25-19(14-15-6-3-4-7-15)21-17-11-9-16(10-12-17)20-23-22-18-8-2-1-5-13-24(18)20/h3,6,9-12,15H,1-2,4-5,7-8,13-14H2,(H,21,25)/t15-/m0/s1. The molecule has 0 bridgehead atoms. The highest BCUT2D eigenvalue weighted by molar-refractivity contribution is 5.91. The molecular weight excluding hydrogens is 312 g/mol. The summed E-state index contributed by atoms with van der Waals surface area (Å²) in [5.41, 5.74) is 1.89. The summed E-state index contributed by atoms with van der Waals surface area (Å²) in [7, 11) is 0. The summed E-state index contributed by atoms with van der Waals surface area (Å²) in [6.07, 6.45) is 11.7. The van der Waals surface area contributed by atoms with E-state index in [0.717, 1.165) is 48.7 Å². The predicted molar refractivity (Wildman–Crippen MR) is 98.1 cm³/mol. The Kier molecular flexibility index (Phi) is 4.63. The fraction of sp³-hybridized carbons (Fsp3) is 0.450. The number of aryl methyl sites for hydroxylation is 1. The number of carbonyl (C=O) groups is 1. The Balaban J connectivity index is 1.44. The lowest BCUT2D eigenvalue weighted by molar-refractivity contribution is -0.116. The predicted octanol–water partition coefficient (Wildman–Crippen LogP) is 3.97. The average Bonchev–Trinajstić information content (AvgIpc) is 3.20. The number of rotatable bonds is 4. The zero-order chi connectivity index (χ0) is 17.1. The molecule has 1 aliphatic heterocycles. The van der Waals surface area contributed by atoms with Crippen LogP contribution in [0.4, 0.5) is 5.69 Å². The van der Waals surface area contributed by atoms with E-state index in [1.165, 1.54) is 19.3 Å². The van der Waals surface area contributed by atoms with Gasteiger partial charge in [-0.1, -0.05) is 18.6 Å². The van der Waals surface area contributed by atoms with Crippen molar-refractivity contribution in [1.29, 1.82) is 0 Å². The van der Waals surface area contributed by atoms with Gasteiger partial charge >= 0.3 is 0 Å². The normalized spacial score (nSPS) is 19.4. The largest absolute Gasteiger partial charge is 0.326 e. The number of hydrogen-bond acceptors (Lipinski definition) is 3. The first kappa shape index (κ1) is 16.1. The number of anilines is 1. The van der Waals surface area contributed by atoms with Crippen molar-refractivity contribution in [3.8, 4) is 11.4 Å². The first-order chi connectivity index (χ1) is 12.3. The Hall–Kier alpha value is -2.43. The van der Waals surface area contributed by atoms with Gasteiger partial charge < -0.3 is 9.88 Å². The van der Waals surface area contributed by atoms with E-state index in [0.29, 0.717) is 12.3 Å². The number of aromatic nitrogens is 3. The number of hydrogen-bond donors (Lipinski definition) is 1. The molecular formula is C20H24N4O. The molecule has 0 unspecified atom stereocenters. The lowest BCUT2D eigenvalue weighted by Crippen LogP contribution is -2.14. The van der Waals surface area contributed by atoms with Gasteiger partial charge in [-0.2, -0.15) is 0 Å². The Labute approximate surface area is 148 Å². The molecule has 1 aliphatic carbocycles. The monoisotopic (exact) mass is 336 g/mol. The zero-order valence-electron chi connectivity index (χ0n) is 14.4. The number of benzene rings is 1. The average molecular weight is 336 g/mol. The highest BCUT2D eigenvalue weighted by Gasteiger charge is 2.17. The summed E-state index contributed by atoms with van der Waals surface area (Å²) in [6.45, 7) is 0.991. The molecule has 0 saturated heterocycles. The van der Waals surface area contributed by atoms with Gasteiger partial charge in [-0.05, 0) is 55.9 Å². The lowest BCUT2D eigenvalue weighted by atomic mass is 10.0. The third-order valence-electron chi connectivity index (χ3n) is 5.10. The number of allylic oxidation sites excluding steroid dienone is 2. The summed E-state index contributed by atoms with van der Waals surface area (Å²) in [4.78, 5) is 12.1. The van der Waals surface area contributed by atoms with Gasteiger partial charge in [-0.3, -0.25) is 4.79 Å². The Bertz CT molecular complexity index is 775. The first-order valence-electron chi connectivity index (χ1n) is 9.28. The quantitative estimate of drug-likeness (QED) is 0.860. The van der Waals surface area contributed by atoms with Gasteiger partial charge in [0.05, 0.1) is 0 Å². The van der Waals surface area contributed by atoms with Crippen LogP contribution in [-0.4, -0.2) is 20.7 Å². The molecule has 4 rings (SSSR count). The smallest absolute Gasteiger partial charge is 0.224 e. The van der Waals surface area contributed by atoms with Crippen molar-refractivity contribution < 1.29 is 4.79 Å². The van der Waals surface area contributed by atoms with Crippen molar-refractivity contribution in [2.24, 2.45) is 5.92 Å². The van der Waals surface area contributed by atoms with Crippen LogP contribution in [0, 0.1) is 5.92 Å². The third kappa shape index (κ3) is 3.65. The van der Waals surface area contributed by atoms with Crippen LogP contribution in [0.1, 0.15) is 44.3 Å². The fourth-order valence-electron chi connectivity index (χ4n) is 3.72.